The molecule has 0 aromatic heterocycles. The fraction of sp³-hybridized carbons (Fsp3) is 0.222. The Morgan fingerprint density at radius 3 is 1.32 bits per heavy atom. The van der Waals surface area contributed by atoms with Crippen molar-refractivity contribution in [1.82, 2.24) is 9.44 Å². The van der Waals surface area contributed by atoms with Crippen LogP contribution in [-0.4, -0.2) is 41.9 Å². The van der Waals surface area contributed by atoms with Crippen LogP contribution < -0.4 is 19.7 Å². The zero-order valence-electron chi connectivity index (χ0n) is 16.4. The van der Waals surface area contributed by atoms with E-state index in [4.69, 9.17) is 0 Å². The Labute approximate surface area is 191 Å². The Bertz CT molecular complexity index is 1030. The summed E-state index contributed by atoms with van der Waals surface area (Å²) >= 11 is 0. The first kappa shape index (κ1) is 28.7. The van der Waals surface area contributed by atoms with E-state index < -0.39 is 32.0 Å². The minimum atomic E-state index is -3.61. The van der Waals surface area contributed by atoms with Crippen molar-refractivity contribution in [2.24, 2.45) is 0 Å². The van der Waals surface area contributed by atoms with Crippen molar-refractivity contribution in [3.63, 3.8) is 0 Å². The second-order valence-corrected chi connectivity index (χ2v) is 9.17. The van der Waals surface area contributed by atoms with Gasteiger partial charge >= 0.3 is 0 Å². The molecule has 0 aliphatic carbocycles. The van der Waals surface area contributed by atoms with Gasteiger partial charge in [-0.2, -0.15) is 0 Å². The molecule has 10 nitrogen and oxygen atoms in total. The number of hydrogen-bond acceptors (Lipinski definition) is 8. The van der Waals surface area contributed by atoms with Crippen molar-refractivity contribution in [3.05, 3.63) is 59.7 Å². The molecule has 0 amide bonds. The number of benzene rings is 2. The Hall–Kier alpha value is -2.28. The van der Waals surface area contributed by atoms with Crippen molar-refractivity contribution >= 4 is 32.0 Å². The van der Waals surface area contributed by atoms with E-state index in [2.05, 4.69) is 9.44 Å². The topological polar surface area (TPSA) is 173 Å². The van der Waals surface area contributed by atoms with Crippen LogP contribution in [0.15, 0.2) is 58.3 Å². The summed E-state index contributed by atoms with van der Waals surface area (Å²) in [4.78, 5) is 20.9. The van der Waals surface area contributed by atoms with Crippen LogP contribution in [-0.2, 0) is 37.1 Å². The maximum atomic E-state index is 11.5. The van der Waals surface area contributed by atoms with Crippen molar-refractivity contribution in [3.8, 4) is 0 Å². The minimum Gasteiger partial charge on any atom is -0.545 e. The third-order valence-corrected chi connectivity index (χ3v) is 6.52. The molecule has 2 aromatic carbocycles. The van der Waals surface area contributed by atoms with E-state index in [1.54, 1.807) is 13.8 Å². The molecule has 0 spiro atoms. The molecule has 0 heterocycles. The van der Waals surface area contributed by atoms with Crippen molar-refractivity contribution < 1.29 is 53.7 Å². The van der Waals surface area contributed by atoms with Gasteiger partial charge in [-0.3, -0.25) is 0 Å². The van der Waals surface area contributed by atoms with Crippen LogP contribution in [0, 0.1) is 0 Å². The Morgan fingerprint density at radius 2 is 1.06 bits per heavy atom. The average Bonchev–Trinajstić information content (AvgIpc) is 2.68. The number of carboxylic acid groups (broad SMARTS) is 2. The van der Waals surface area contributed by atoms with E-state index in [-0.39, 0.29) is 51.1 Å². The summed E-state index contributed by atoms with van der Waals surface area (Å²) in [6.07, 6.45) is 0. The van der Waals surface area contributed by atoms with E-state index in [1.165, 1.54) is 36.4 Å². The first-order chi connectivity index (χ1) is 13.9. The first-order valence-corrected chi connectivity index (χ1v) is 11.5. The zero-order chi connectivity index (χ0) is 22.9. The number of carbonyl (C=O) groups is 2. The summed E-state index contributed by atoms with van der Waals surface area (Å²) < 4.78 is 50.5. The summed E-state index contributed by atoms with van der Waals surface area (Å²) in [6.45, 7) is 3.77. The number of carbonyl (C=O) groups excluding carboxylic acids is 2. The Balaban J connectivity index is 0.000000562. The number of sulfonamides is 2. The largest absolute Gasteiger partial charge is 0.545 e. The van der Waals surface area contributed by atoms with Gasteiger partial charge in [-0.25, -0.2) is 26.3 Å². The van der Waals surface area contributed by atoms with E-state index in [0.717, 1.165) is 12.1 Å². The normalized spacial score (nSPS) is 10.9. The van der Waals surface area contributed by atoms with Crippen molar-refractivity contribution in [2.45, 2.75) is 23.6 Å². The predicted molar refractivity (Wildman–Crippen MR) is 103 cm³/mol. The van der Waals surface area contributed by atoms with Crippen molar-refractivity contribution in [1.29, 1.82) is 0 Å². The minimum absolute atomic E-state index is 0. The van der Waals surface area contributed by atoms with Gasteiger partial charge in [0, 0.05) is 30.2 Å². The zero-order valence-corrected chi connectivity index (χ0v) is 19.0. The third kappa shape index (κ3) is 8.77. The van der Waals surface area contributed by atoms with Crippen LogP contribution in [0.4, 0.5) is 0 Å². The SMILES string of the molecule is CCNS(=O)(=O)c1cccc(C(=O)[O-])c1.CCNS(=O)(=O)c1cccc(C(=O)[O-])c1.[Cu]. The van der Waals surface area contributed by atoms with Gasteiger partial charge in [-0.1, -0.05) is 38.1 Å². The molecule has 31 heavy (non-hydrogen) atoms. The van der Waals surface area contributed by atoms with Crippen LogP contribution >= 0.6 is 0 Å². The monoisotopic (exact) mass is 519 g/mol. The fourth-order valence-corrected chi connectivity index (χ4v) is 4.30. The van der Waals surface area contributed by atoms with E-state index >= 15 is 0 Å². The number of nitrogens with one attached hydrogen (secondary N) is 2. The summed E-state index contributed by atoms with van der Waals surface area (Å²) in [6, 6.07) is 10.0. The van der Waals surface area contributed by atoms with Crippen LogP contribution in [0.3, 0.4) is 0 Å². The van der Waals surface area contributed by atoms with Gasteiger partial charge in [0.05, 0.1) is 21.7 Å². The van der Waals surface area contributed by atoms with Gasteiger partial charge in [0.2, 0.25) is 20.0 Å². The van der Waals surface area contributed by atoms with Gasteiger partial charge in [-0.15, -0.1) is 0 Å². The van der Waals surface area contributed by atoms with Crippen LogP contribution in [0.1, 0.15) is 34.6 Å². The second kappa shape index (κ2) is 12.5. The first-order valence-electron chi connectivity index (χ1n) is 8.56. The summed E-state index contributed by atoms with van der Waals surface area (Å²) in [5.41, 5.74) is -0.317. The molecule has 2 rings (SSSR count). The van der Waals surface area contributed by atoms with Gasteiger partial charge in [0.1, 0.15) is 0 Å². The molecule has 1 radical (unpaired) electrons. The smallest absolute Gasteiger partial charge is 0.240 e. The Kier molecular flexibility index (Phi) is 11.6. The van der Waals surface area contributed by atoms with Gasteiger partial charge < -0.3 is 19.8 Å². The molecule has 175 valence electrons. The second-order valence-electron chi connectivity index (χ2n) is 5.63. The van der Waals surface area contributed by atoms with Gasteiger partial charge in [0.15, 0.2) is 0 Å². The molecule has 2 N–H and O–H groups in total. The quantitative estimate of drug-likeness (QED) is 0.404. The molecule has 0 fully saturated rings. The number of rotatable bonds is 8. The molecule has 0 saturated carbocycles. The van der Waals surface area contributed by atoms with Crippen LogP contribution in [0.2, 0.25) is 0 Å². The number of aromatic carboxylic acids is 2. The Morgan fingerprint density at radius 1 is 0.742 bits per heavy atom. The van der Waals surface area contributed by atoms with Gasteiger partial charge in [0.25, 0.3) is 0 Å². The van der Waals surface area contributed by atoms with E-state index in [0.29, 0.717) is 0 Å². The molecular formula is C18H20CuN2O8S2-2. The standard InChI is InChI=1S/2C9H11NO4S.Cu/c2*1-2-10-15(13,14)8-5-3-4-7(6-8)9(11)12;/h2*3-6,10H,2H2,1H3,(H,11,12);/p-2. The number of carboxylic acids is 2. The molecule has 0 saturated heterocycles. The molecule has 0 aliphatic rings. The summed E-state index contributed by atoms with van der Waals surface area (Å²) in [5.74, 6) is -2.80. The third-order valence-electron chi connectivity index (χ3n) is 3.43. The maximum absolute atomic E-state index is 11.5. The fourth-order valence-electron chi connectivity index (χ4n) is 2.13. The number of hydrogen-bond donors (Lipinski definition) is 2. The molecular weight excluding hydrogens is 500 g/mol. The summed E-state index contributed by atoms with van der Waals surface area (Å²) in [5, 5.41) is 21.0. The molecule has 2 aromatic rings. The van der Waals surface area contributed by atoms with Gasteiger partial charge in [-0.05, 0) is 35.4 Å². The molecule has 0 aliphatic heterocycles. The molecule has 0 bridgehead atoms. The van der Waals surface area contributed by atoms with Crippen LogP contribution in [0.5, 0.6) is 0 Å². The van der Waals surface area contributed by atoms with E-state index in [9.17, 15) is 36.6 Å². The average molecular weight is 520 g/mol. The molecule has 13 heteroatoms. The van der Waals surface area contributed by atoms with Crippen LogP contribution in [0.25, 0.3) is 0 Å². The molecule has 0 unspecified atom stereocenters. The molecule has 0 atom stereocenters. The van der Waals surface area contributed by atoms with Crippen molar-refractivity contribution in [2.75, 3.05) is 13.1 Å². The summed E-state index contributed by atoms with van der Waals surface area (Å²) in [7, 11) is -7.21. The maximum Gasteiger partial charge on any atom is 0.240 e. The predicted octanol–water partition coefficient (Wildman–Crippen LogP) is -1.31. The van der Waals surface area contributed by atoms with E-state index in [1.807, 2.05) is 0 Å².